The number of nitrogens with one attached hydrogen (secondary N) is 2. The Morgan fingerprint density at radius 3 is 2.64 bits per heavy atom. The highest BCUT2D eigenvalue weighted by atomic mass is 16.5. The Hall–Kier alpha value is -2.86. The van der Waals surface area contributed by atoms with Crippen molar-refractivity contribution in [1.29, 1.82) is 0 Å². The van der Waals surface area contributed by atoms with Gasteiger partial charge in [-0.05, 0) is 54.0 Å². The zero-order chi connectivity index (χ0) is 23.4. The zero-order valence-corrected chi connectivity index (χ0v) is 19.9. The maximum Gasteiger partial charge on any atom is 0.253 e. The number of amides is 2. The lowest BCUT2D eigenvalue weighted by molar-refractivity contribution is -0.117. The van der Waals surface area contributed by atoms with Gasteiger partial charge in [-0.25, -0.2) is 0 Å². The van der Waals surface area contributed by atoms with Gasteiger partial charge in [-0.2, -0.15) is 0 Å². The van der Waals surface area contributed by atoms with Gasteiger partial charge in [0, 0.05) is 44.0 Å². The smallest absolute Gasteiger partial charge is 0.253 e. The van der Waals surface area contributed by atoms with E-state index < -0.39 is 0 Å². The Kier molecular flexibility index (Phi) is 7.03. The first kappa shape index (κ1) is 23.3. The standard InChI is InChI=1S/C27H35N3O3/c1-27(2,3)16-25(31)29-21-10-11-24(30-13-12-19-7-4-5-8-20(19)18-30)23(15-21)26(32)28-17-22-9-6-14-33-22/h4-5,7-8,10-11,15,22H,6,9,12-14,16-18H2,1-3H3,(H,28,32)(H,29,31). The van der Waals surface area contributed by atoms with Gasteiger partial charge < -0.3 is 20.3 Å². The first-order valence-corrected chi connectivity index (χ1v) is 11.9. The van der Waals surface area contributed by atoms with E-state index in [2.05, 4.69) is 39.8 Å². The summed E-state index contributed by atoms with van der Waals surface area (Å²) < 4.78 is 5.67. The van der Waals surface area contributed by atoms with Crippen LogP contribution < -0.4 is 15.5 Å². The predicted molar refractivity (Wildman–Crippen MR) is 132 cm³/mol. The molecule has 0 spiro atoms. The minimum atomic E-state index is -0.133. The average molecular weight is 450 g/mol. The van der Waals surface area contributed by atoms with E-state index in [-0.39, 0.29) is 23.3 Å². The van der Waals surface area contributed by atoms with Gasteiger partial charge in [0.25, 0.3) is 5.91 Å². The number of anilines is 2. The molecule has 1 saturated heterocycles. The van der Waals surface area contributed by atoms with Gasteiger partial charge in [0.2, 0.25) is 5.91 Å². The first-order chi connectivity index (χ1) is 15.8. The van der Waals surface area contributed by atoms with Gasteiger partial charge in [0.15, 0.2) is 0 Å². The molecule has 176 valence electrons. The summed E-state index contributed by atoms with van der Waals surface area (Å²) in [6.07, 6.45) is 3.44. The van der Waals surface area contributed by atoms with E-state index >= 15 is 0 Å². The summed E-state index contributed by atoms with van der Waals surface area (Å²) in [5.74, 6) is -0.181. The van der Waals surface area contributed by atoms with Crippen LogP contribution in [0.15, 0.2) is 42.5 Å². The van der Waals surface area contributed by atoms with Crippen molar-refractivity contribution in [2.24, 2.45) is 5.41 Å². The molecule has 1 atom stereocenters. The van der Waals surface area contributed by atoms with E-state index in [1.165, 1.54) is 11.1 Å². The van der Waals surface area contributed by atoms with Gasteiger partial charge >= 0.3 is 0 Å². The quantitative estimate of drug-likeness (QED) is 0.680. The molecule has 4 rings (SSSR count). The van der Waals surface area contributed by atoms with Gasteiger partial charge in [-0.15, -0.1) is 0 Å². The molecule has 0 aromatic heterocycles. The molecule has 2 N–H and O–H groups in total. The van der Waals surface area contributed by atoms with Crippen LogP contribution in [-0.2, 0) is 22.5 Å². The monoisotopic (exact) mass is 449 g/mol. The maximum absolute atomic E-state index is 13.3. The fourth-order valence-electron chi connectivity index (χ4n) is 4.57. The summed E-state index contributed by atoms with van der Waals surface area (Å²) in [5.41, 5.74) is 4.67. The third kappa shape index (κ3) is 6.14. The third-order valence-corrected chi connectivity index (χ3v) is 6.20. The molecule has 0 saturated carbocycles. The van der Waals surface area contributed by atoms with Gasteiger partial charge in [-0.3, -0.25) is 9.59 Å². The van der Waals surface area contributed by atoms with E-state index in [1.807, 2.05) is 32.9 Å². The fraction of sp³-hybridized carbons (Fsp3) is 0.481. The number of rotatable bonds is 6. The van der Waals surface area contributed by atoms with Crippen LogP contribution in [0.5, 0.6) is 0 Å². The van der Waals surface area contributed by atoms with E-state index in [9.17, 15) is 9.59 Å². The lowest BCUT2D eigenvalue weighted by atomic mass is 9.92. The normalized spacial score (nSPS) is 18.0. The topological polar surface area (TPSA) is 70.7 Å². The summed E-state index contributed by atoms with van der Waals surface area (Å²) in [5, 5.41) is 6.03. The van der Waals surface area contributed by atoms with Crippen molar-refractivity contribution in [3.63, 3.8) is 0 Å². The minimum Gasteiger partial charge on any atom is -0.376 e. The highest BCUT2D eigenvalue weighted by Gasteiger charge is 2.24. The maximum atomic E-state index is 13.3. The lowest BCUT2D eigenvalue weighted by Gasteiger charge is -2.32. The molecule has 2 aliphatic rings. The number of benzene rings is 2. The molecule has 2 aromatic rings. The Balaban J connectivity index is 1.56. The Bertz CT molecular complexity index is 1010. The van der Waals surface area contributed by atoms with Crippen LogP contribution in [0.25, 0.3) is 0 Å². The second-order valence-corrected chi connectivity index (χ2v) is 10.3. The van der Waals surface area contributed by atoms with Crippen LogP contribution in [0.2, 0.25) is 0 Å². The van der Waals surface area contributed by atoms with E-state index in [0.29, 0.717) is 24.2 Å². The van der Waals surface area contributed by atoms with Gasteiger partial charge in [0.05, 0.1) is 11.7 Å². The van der Waals surface area contributed by atoms with Crippen LogP contribution in [-0.4, -0.2) is 37.6 Å². The molecule has 2 amide bonds. The average Bonchev–Trinajstić information content (AvgIpc) is 3.29. The molecule has 6 heteroatoms. The fourth-order valence-corrected chi connectivity index (χ4v) is 4.57. The largest absolute Gasteiger partial charge is 0.376 e. The molecular weight excluding hydrogens is 414 g/mol. The zero-order valence-electron chi connectivity index (χ0n) is 19.9. The minimum absolute atomic E-state index is 0.0483. The Labute approximate surface area is 196 Å². The molecule has 6 nitrogen and oxygen atoms in total. The van der Waals surface area contributed by atoms with E-state index in [1.54, 1.807) is 6.07 Å². The number of fused-ring (bicyclic) bond motifs is 1. The van der Waals surface area contributed by atoms with Crippen LogP contribution in [0.3, 0.4) is 0 Å². The third-order valence-electron chi connectivity index (χ3n) is 6.20. The summed E-state index contributed by atoms with van der Waals surface area (Å²) in [6.45, 7) is 8.97. The van der Waals surface area contributed by atoms with Crippen molar-refractivity contribution >= 4 is 23.2 Å². The SMILES string of the molecule is CC(C)(C)CC(=O)Nc1ccc(N2CCc3ccccc3C2)c(C(=O)NCC2CCCO2)c1. The second-order valence-electron chi connectivity index (χ2n) is 10.3. The van der Waals surface area contributed by atoms with Gasteiger partial charge in [-0.1, -0.05) is 45.0 Å². The lowest BCUT2D eigenvalue weighted by Crippen LogP contribution is -2.35. The number of nitrogens with zero attached hydrogens (tertiary/aromatic N) is 1. The molecule has 0 aliphatic carbocycles. The number of carbonyl (C=O) groups excluding carboxylic acids is 2. The number of hydrogen-bond donors (Lipinski definition) is 2. The molecule has 2 aliphatic heterocycles. The van der Waals surface area contributed by atoms with Crippen molar-refractivity contribution in [2.45, 2.75) is 59.1 Å². The number of hydrogen-bond acceptors (Lipinski definition) is 4. The highest BCUT2D eigenvalue weighted by molar-refractivity contribution is 6.02. The number of carbonyl (C=O) groups is 2. The molecule has 33 heavy (non-hydrogen) atoms. The molecular formula is C27H35N3O3. The van der Waals surface area contributed by atoms with E-state index in [0.717, 1.165) is 44.6 Å². The van der Waals surface area contributed by atoms with Crippen molar-refractivity contribution in [3.8, 4) is 0 Å². The molecule has 0 radical (unpaired) electrons. The molecule has 0 bridgehead atoms. The molecule has 2 heterocycles. The van der Waals surface area contributed by atoms with Crippen molar-refractivity contribution < 1.29 is 14.3 Å². The molecule has 2 aromatic carbocycles. The van der Waals surface area contributed by atoms with Crippen LogP contribution >= 0.6 is 0 Å². The second kappa shape index (κ2) is 9.96. The molecule has 1 fully saturated rings. The van der Waals surface area contributed by atoms with Crippen molar-refractivity contribution in [2.75, 3.05) is 29.9 Å². The van der Waals surface area contributed by atoms with Crippen LogP contribution in [0.1, 0.15) is 61.5 Å². The summed E-state index contributed by atoms with van der Waals surface area (Å²) in [4.78, 5) is 28.0. The Morgan fingerprint density at radius 2 is 1.91 bits per heavy atom. The highest BCUT2D eigenvalue weighted by Crippen LogP contribution is 2.30. The van der Waals surface area contributed by atoms with Crippen LogP contribution in [0.4, 0.5) is 11.4 Å². The van der Waals surface area contributed by atoms with Gasteiger partial charge in [0.1, 0.15) is 0 Å². The number of ether oxygens (including phenoxy) is 1. The Morgan fingerprint density at radius 1 is 1.12 bits per heavy atom. The predicted octanol–water partition coefficient (Wildman–Crippen LogP) is 4.53. The van der Waals surface area contributed by atoms with E-state index in [4.69, 9.17) is 4.74 Å². The summed E-state index contributed by atoms with van der Waals surface area (Å²) >= 11 is 0. The summed E-state index contributed by atoms with van der Waals surface area (Å²) in [6, 6.07) is 14.1. The summed E-state index contributed by atoms with van der Waals surface area (Å²) in [7, 11) is 0. The van der Waals surface area contributed by atoms with Crippen LogP contribution in [0, 0.1) is 5.41 Å². The first-order valence-electron chi connectivity index (χ1n) is 11.9. The molecule has 1 unspecified atom stereocenters. The van der Waals surface area contributed by atoms with Crippen molar-refractivity contribution in [3.05, 3.63) is 59.2 Å². The van der Waals surface area contributed by atoms with Crippen molar-refractivity contribution in [1.82, 2.24) is 5.32 Å².